The van der Waals surface area contributed by atoms with Crippen LogP contribution in [-0.2, 0) is 6.42 Å². The van der Waals surface area contributed by atoms with E-state index in [0.29, 0.717) is 34.0 Å². The van der Waals surface area contributed by atoms with Gasteiger partial charge in [-0.15, -0.1) is 0 Å². The number of nitrogens with one attached hydrogen (secondary N) is 1. The lowest BCUT2D eigenvalue weighted by atomic mass is 9.89. The molecule has 2 aliphatic heterocycles. The van der Waals surface area contributed by atoms with Crippen molar-refractivity contribution in [3.05, 3.63) is 73.4 Å². The van der Waals surface area contributed by atoms with E-state index in [1.165, 1.54) is 6.21 Å². The fourth-order valence-electron chi connectivity index (χ4n) is 4.91. The van der Waals surface area contributed by atoms with Gasteiger partial charge in [0.2, 0.25) is 18.4 Å². The van der Waals surface area contributed by atoms with E-state index < -0.39 is 17.1 Å². The highest BCUT2D eigenvalue weighted by molar-refractivity contribution is 5.82. The number of aliphatic imine (C=N–C) groups is 1. The highest BCUT2D eigenvalue weighted by Gasteiger charge is 2.41. The summed E-state index contributed by atoms with van der Waals surface area (Å²) in [5, 5.41) is 10.9. The fourth-order valence-corrected chi connectivity index (χ4v) is 4.91. The van der Waals surface area contributed by atoms with Crippen LogP contribution in [0.3, 0.4) is 0 Å². The molecule has 3 aromatic rings. The third-order valence-corrected chi connectivity index (χ3v) is 6.99. The van der Waals surface area contributed by atoms with E-state index in [2.05, 4.69) is 24.1 Å². The van der Waals surface area contributed by atoms with Crippen LogP contribution in [0.1, 0.15) is 28.3 Å². The highest BCUT2D eigenvalue weighted by atomic mass is 16.7. The van der Waals surface area contributed by atoms with Crippen LogP contribution in [0.5, 0.6) is 23.1 Å². The number of ether oxygens (including phenoxy) is 3. The summed E-state index contributed by atoms with van der Waals surface area (Å²) in [5.41, 5.74) is 2.04. The molecule has 0 radical (unpaired) electrons. The van der Waals surface area contributed by atoms with E-state index in [0.717, 1.165) is 34.2 Å². The predicted molar refractivity (Wildman–Crippen MR) is 134 cm³/mol. The largest absolute Gasteiger partial charge is 0.493 e. The zero-order valence-corrected chi connectivity index (χ0v) is 20.7. The number of methoxy groups -OCH3 is 1. The smallest absolute Gasteiger partial charge is 0.335 e. The molecule has 0 amide bonds. The van der Waals surface area contributed by atoms with Gasteiger partial charge in [0.05, 0.1) is 45.5 Å². The molecule has 0 fully saturated rings. The standard InChI is InChI=1S/C26H28N4O6/c1-15-5-7-17(8-6-15)29-25(32)18(24(31)28-26(29)33)12-27-13-19-21-16(9-10-30(19,2)3)11-20-22(23(21)34-4)36-14-35-20/h5-8,11-12,19H,9-10,13-14H2,1-4H3,(H-,27,28,31,32,33)/p+1/t19-/m1/s1. The second-order valence-electron chi connectivity index (χ2n) is 9.65. The molecule has 2 aliphatic rings. The molecule has 5 rings (SSSR count). The molecule has 2 aromatic carbocycles. The lowest BCUT2D eigenvalue weighted by Crippen LogP contribution is -2.49. The third kappa shape index (κ3) is 3.93. The van der Waals surface area contributed by atoms with Crippen molar-refractivity contribution in [3.63, 3.8) is 0 Å². The van der Waals surface area contributed by atoms with Gasteiger partial charge in [-0.3, -0.25) is 14.8 Å². The Balaban J connectivity index is 1.53. The van der Waals surface area contributed by atoms with Crippen LogP contribution in [0.25, 0.3) is 5.69 Å². The molecule has 10 heteroatoms. The molecule has 188 valence electrons. The van der Waals surface area contributed by atoms with Crippen molar-refractivity contribution in [1.82, 2.24) is 9.55 Å². The van der Waals surface area contributed by atoms with Crippen molar-refractivity contribution in [2.75, 3.05) is 41.1 Å². The third-order valence-electron chi connectivity index (χ3n) is 6.99. The summed E-state index contributed by atoms with van der Waals surface area (Å²) in [7, 11) is 5.85. The second-order valence-corrected chi connectivity index (χ2v) is 9.65. The number of quaternary nitrogens is 1. The minimum Gasteiger partial charge on any atom is -0.493 e. The van der Waals surface area contributed by atoms with E-state index in [1.807, 2.05) is 25.1 Å². The molecule has 0 saturated heterocycles. The monoisotopic (exact) mass is 493 g/mol. The van der Waals surface area contributed by atoms with Crippen molar-refractivity contribution >= 4 is 6.21 Å². The molecule has 1 atom stereocenters. The lowest BCUT2D eigenvalue weighted by molar-refractivity contribution is -0.921. The van der Waals surface area contributed by atoms with Crippen molar-refractivity contribution in [2.45, 2.75) is 19.4 Å². The number of aromatic hydroxyl groups is 1. The summed E-state index contributed by atoms with van der Waals surface area (Å²) in [6.07, 6.45) is 2.17. The Kier molecular flexibility index (Phi) is 5.83. The van der Waals surface area contributed by atoms with Gasteiger partial charge in [-0.1, -0.05) is 17.7 Å². The predicted octanol–water partition coefficient (Wildman–Crippen LogP) is 2.07. The van der Waals surface area contributed by atoms with Crippen LogP contribution in [0, 0.1) is 6.92 Å². The number of rotatable bonds is 5. The lowest BCUT2D eigenvalue weighted by Gasteiger charge is -2.42. The summed E-state index contributed by atoms with van der Waals surface area (Å²) in [4.78, 5) is 31.9. The molecule has 36 heavy (non-hydrogen) atoms. The van der Waals surface area contributed by atoms with E-state index in [4.69, 9.17) is 14.2 Å². The maximum Gasteiger partial charge on any atom is 0.335 e. The van der Waals surface area contributed by atoms with Crippen molar-refractivity contribution in [1.29, 1.82) is 0 Å². The van der Waals surface area contributed by atoms with Crippen LogP contribution < -0.4 is 25.5 Å². The van der Waals surface area contributed by atoms with Crippen molar-refractivity contribution < 1.29 is 23.8 Å². The Bertz CT molecular complexity index is 1470. The van der Waals surface area contributed by atoms with Gasteiger partial charge in [-0.2, -0.15) is 0 Å². The SMILES string of the molecule is COc1c2c(cc3c1[C@@H](CN=Cc1c(O)n(-c4ccc(C)cc4)c(=O)[nH]c1=O)[N+](C)(C)CC3)OCO2. The maximum absolute atomic E-state index is 12.6. The molecule has 0 bridgehead atoms. The van der Waals surface area contributed by atoms with Crippen LogP contribution in [0.2, 0.25) is 0 Å². The molecule has 10 nitrogen and oxygen atoms in total. The molecule has 1 aromatic heterocycles. The number of benzene rings is 2. The zero-order chi connectivity index (χ0) is 25.6. The average Bonchev–Trinajstić information content (AvgIpc) is 3.30. The summed E-state index contributed by atoms with van der Waals surface area (Å²) < 4.78 is 18.7. The Morgan fingerprint density at radius 2 is 2.00 bits per heavy atom. The van der Waals surface area contributed by atoms with Crippen LogP contribution in [0.4, 0.5) is 0 Å². The number of aromatic amines is 1. The zero-order valence-electron chi connectivity index (χ0n) is 20.7. The van der Waals surface area contributed by atoms with Crippen LogP contribution in [0.15, 0.2) is 44.9 Å². The first-order valence-electron chi connectivity index (χ1n) is 11.7. The number of aryl methyl sites for hydroxylation is 1. The normalized spacial score (nSPS) is 17.8. The van der Waals surface area contributed by atoms with Gasteiger partial charge >= 0.3 is 5.69 Å². The molecule has 3 heterocycles. The van der Waals surface area contributed by atoms with E-state index in [1.54, 1.807) is 19.2 Å². The Hall–Kier alpha value is -4.05. The number of hydrogen-bond donors (Lipinski definition) is 2. The van der Waals surface area contributed by atoms with Gasteiger partial charge in [0, 0.05) is 12.6 Å². The van der Waals surface area contributed by atoms with Crippen molar-refractivity contribution in [3.8, 4) is 28.8 Å². The Morgan fingerprint density at radius 3 is 2.72 bits per heavy atom. The van der Waals surface area contributed by atoms with Gasteiger partial charge in [-0.05, 0) is 30.7 Å². The fraction of sp³-hybridized carbons (Fsp3) is 0.346. The van der Waals surface area contributed by atoms with Crippen LogP contribution in [-0.4, -0.2) is 66.4 Å². The van der Waals surface area contributed by atoms with Gasteiger partial charge < -0.3 is 23.8 Å². The van der Waals surface area contributed by atoms with Gasteiger partial charge in [-0.25, -0.2) is 9.36 Å². The van der Waals surface area contributed by atoms with E-state index >= 15 is 0 Å². The first-order valence-corrected chi connectivity index (χ1v) is 11.7. The Labute approximate surface area is 207 Å². The molecule has 0 aliphatic carbocycles. The van der Waals surface area contributed by atoms with Gasteiger partial charge in [0.25, 0.3) is 5.56 Å². The number of aromatic nitrogens is 2. The molecule has 0 spiro atoms. The summed E-state index contributed by atoms with van der Waals surface area (Å²) in [5.74, 6) is 1.44. The Morgan fingerprint density at radius 1 is 1.25 bits per heavy atom. The molecular formula is C26H29N4O6+. The average molecular weight is 494 g/mol. The summed E-state index contributed by atoms with van der Waals surface area (Å²) >= 11 is 0. The van der Waals surface area contributed by atoms with E-state index in [9.17, 15) is 14.7 Å². The van der Waals surface area contributed by atoms with Crippen LogP contribution >= 0.6 is 0 Å². The topological polar surface area (TPSA) is 115 Å². The first-order chi connectivity index (χ1) is 17.2. The van der Waals surface area contributed by atoms with Gasteiger partial charge in [0.1, 0.15) is 11.6 Å². The number of likely N-dealkylation sites (N-methyl/N-ethyl adjacent to an activating group) is 1. The number of fused-ring (bicyclic) bond motifs is 2. The summed E-state index contributed by atoms with van der Waals surface area (Å²) in [6, 6.07) is 8.94. The quantitative estimate of drug-likeness (QED) is 0.415. The molecular weight excluding hydrogens is 464 g/mol. The minimum atomic E-state index is -0.724. The molecule has 2 N–H and O–H groups in total. The second kappa shape index (κ2) is 8.87. The minimum absolute atomic E-state index is 0.0887. The summed E-state index contributed by atoms with van der Waals surface area (Å²) in [6.45, 7) is 3.26. The van der Waals surface area contributed by atoms with Crippen molar-refractivity contribution in [2.24, 2.45) is 4.99 Å². The molecule has 0 saturated carbocycles. The van der Waals surface area contributed by atoms with Gasteiger partial charge in [0.15, 0.2) is 11.5 Å². The number of nitrogens with zero attached hydrogens (tertiary/aromatic N) is 3. The van der Waals surface area contributed by atoms with E-state index in [-0.39, 0.29) is 18.4 Å². The number of hydrogen-bond acceptors (Lipinski definition) is 7. The first kappa shape index (κ1) is 23.7. The maximum atomic E-state index is 12.6. The number of H-pyrrole nitrogens is 1. The molecule has 0 unspecified atom stereocenters. The highest BCUT2D eigenvalue weighted by Crippen LogP contribution is 2.50.